The van der Waals surface area contributed by atoms with Crippen LogP contribution >= 0.6 is 0 Å². The molecular formula is C8H14N2O. The molecule has 0 aromatic carbocycles. The summed E-state index contributed by atoms with van der Waals surface area (Å²) in [5.74, 6) is 1.61. The Morgan fingerprint density at radius 1 is 1.55 bits per heavy atom. The van der Waals surface area contributed by atoms with Crippen molar-refractivity contribution in [1.82, 2.24) is 0 Å². The van der Waals surface area contributed by atoms with Gasteiger partial charge >= 0.3 is 0 Å². The predicted octanol–water partition coefficient (Wildman–Crippen LogP) is 0.721. The van der Waals surface area contributed by atoms with Crippen molar-refractivity contribution in [3.63, 3.8) is 0 Å². The molecule has 1 rings (SSSR count). The van der Waals surface area contributed by atoms with Gasteiger partial charge in [-0.2, -0.15) is 0 Å². The molecule has 0 aliphatic heterocycles. The molecule has 1 aromatic rings. The highest BCUT2D eigenvalue weighted by Crippen LogP contribution is 2.18. The molecule has 3 nitrogen and oxygen atoms in total. The fourth-order valence-electron chi connectivity index (χ4n) is 0.842. The van der Waals surface area contributed by atoms with Gasteiger partial charge in [-0.3, -0.25) is 0 Å². The van der Waals surface area contributed by atoms with E-state index in [0.29, 0.717) is 6.54 Å². The summed E-state index contributed by atoms with van der Waals surface area (Å²) in [6, 6.07) is 3.75. The van der Waals surface area contributed by atoms with Gasteiger partial charge in [-0.1, -0.05) is 0 Å². The number of rotatable bonds is 2. The number of hydrogen-bond donors (Lipinski definition) is 2. The molecule has 0 saturated carbocycles. The van der Waals surface area contributed by atoms with Gasteiger partial charge in [-0.05, 0) is 26.0 Å². The van der Waals surface area contributed by atoms with Gasteiger partial charge in [0.2, 0.25) is 0 Å². The Kier molecular flexibility index (Phi) is 2.02. The summed E-state index contributed by atoms with van der Waals surface area (Å²) < 4.78 is 5.33. The van der Waals surface area contributed by atoms with Gasteiger partial charge < -0.3 is 15.9 Å². The zero-order valence-electron chi connectivity index (χ0n) is 6.92. The van der Waals surface area contributed by atoms with Crippen LogP contribution in [0.15, 0.2) is 16.5 Å². The van der Waals surface area contributed by atoms with Crippen molar-refractivity contribution < 1.29 is 4.42 Å². The average molecular weight is 154 g/mol. The minimum atomic E-state index is -0.533. The first-order chi connectivity index (χ1) is 5.06. The molecule has 0 aliphatic carbocycles. The van der Waals surface area contributed by atoms with Crippen molar-refractivity contribution in [2.75, 3.05) is 6.54 Å². The SMILES string of the molecule is Cc1ccc(C(C)(N)CN)o1. The molecule has 0 radical (unpaired) electrons. The molecule has 0 aliphatic rings. The van der Waals surface area contributed by atoms with Gasteiger partial charge in [-0.25, -0.2) is 0 Å². The van der Waals surface area contributed by atoms with Crippen LogP contribution in [0.25, 0.3) is 0 Å². The van der Waals surface area contributed by atoms with Crippen molar-refractivity contribution in [2.24, 2.45) is 11.5 Å². The molecule has 62 valence electrons. The van der Waals surface area contributed by atoms with Crippen LogP contribution in [0.2, 0.25) is 0 Å². The lowest BCUT2D eigenvalue weighted by Crippen LogP contribution is -2.40. The molecular weight excluding hydrogens is 140 g/mol. The smallest absolute Gasteiger partial charge is 0.125 e. The molecule has 11 heavy (non-hydrogen) atoms. The third-order valence-electron chi connectivity index (χ3n) is 1.73. The summed E-state index contributed by atoms with van der Waals surface area (Å²) in [7, 11) is 0. The summed E-state index contributed by atoms with van der Waals surface area (Å²) in [6.45, 7) is 4.13. The lowest BCUT2D eigenvalue weighted by atomic mass is 10.0. The van der Waals surface area contributed by atoms with Gasteiger partial charge in [0, 0.05) is 6.54 Å². The van der Waals surface area contributed by atoms with Crippen LogP contribution in [-0.2, 0) is 5.54 Å². The molecule has 1 atom stereocenters. The van der Waals surface area contributed by atoms with Crippen LogP contribution in [0, 0.1) is 6.92 Å². The van der Waals surface area contributed by atoms with Crippen molar-refractivity contribution in [2.45, 2.75) is 19.4 Å². The van der Waals surface area contributed by atoms with Gasteiger partial charge in [0.05, 0.1) is 5.54 Å². The van der Waals surface area contributed by atoms with E-state index < -0.39 is 5.54 Å². The van der Waals surface area contributed by atoms with Gasteiger partial charge in [-0.15, -0.1) is 0 Å². The molecule has 0 fully saturated rings. The van der Waals surface area contributed by atoms with Crippen molar-refractivity contribution in [3.8, 4) is 0 Å². The largest absolute Gasteiger partial charge is 0.464 e. The Morgan fingerprint density at radius 2 is 2.18 bits per heavy atom. The number of aryl methyl sites for hydroxylation is 1. The van der Waals surface area contributed by atoms with Gasteiger partial charge in [0.15, 0.2) is 0 Å². The normalized spacial score (nSPS) is 16.4. The first kappa shape index (κ1) is 8.30. The van der Waals surface area contributed by atoms with E-state index in [1.54, 1.807) is 0 Å². The summed E-state index contributed by atoms with van der Waals surface area (Å²) in [6.07, 6.45) is 0. The van der Waals surface area contributed by atoms with E-state index in [-0.39, 0.29) is 0 Å². The van der Waals surface area contributed by atoms with Crippen molar-refractivity contribution >= 4 is 0 Å². The Labute approximate surface area is 66.4 Å². The van der Waals surface area contributed by atoms with E-state index in [2.05, 4.69) is 0 Å². The maximum Gasteiger partial charge on any atom is 0.125 e. The van der Waals surface area contributed by atoms with E-state index in [1.807, 2.05) is 26.0 Å². The Bertz CT molecular complexity index is 240. The molecule has 0 bridgehead atoms. The van der Waals surface area contributed by atoms with E-state index in [1.165, 1.54) is 0 Å². The monoisotopic (exact) mass is 154 g/mol. The Morgan fingerprint density at radius 3 is 2.55 bits per heavy atom. The Balaban J connectivity index is 2.92. The lowest BCUT2D eigenvalue weighted by molar-refractivity contribution is 0.365. The quantitative estimate of drug-likeness (QED) is 0.659. The number of furan rings is 1. The second-order valence-electron chi connectivity index (χ2n) is 3.03. The maximum atomic E-state index is 5.83. The highest BCUT2D eigenvalue weighted by Gasteiger charge is 2.22. The van der Waals surface area contributed by atoms with Crippen LogP contribution < -0.4 is 11.5 Å². The van der Waals surface area contributed by atoms with Crippen LogP contribution in [0.3, 0.4) is 0 Å². The van der Waals surface area contributed by atoms with E-state index in [4.69, 9.17) is 15.9 Å². The first-order valence-corrected chi connectivity index (χ1v) is 3.62. The average Bonchev–Trinajstić information content (AvgIpc) is 2.36. The fourth-order valence-corrected chi connectivity index (χ4v) is 0.842. The van der Waals surface area contributed by atoms with E-state index in [9.17, 15) is 0 Å². The minimum Gasteiger partial charge on any atom is -0.464 e. The van der Waals surface area contributed by atoms with Crippen LogP contribution in [-0.4, -0.2) is 6.54 Å². The molecule has 0 amide bonds. The van der Waals surface area contributed by atoms with Crippen molar-refractivity contribution in [1.29, 1.82) is 0 Å². The summed E-state index contributed by atoms with van der Waals surface area (Å²) in [4.78, 5) is 0. The van der Waals surface area contributed by atoms with E-state index in [0.717, 1.165) is 11.5 Å². The second-order valence-corrected chi connectivity index (χ2v) is 3.03. The zero-order chi connectivity index (χ0) is 8.48. The van der Waals surface area contributed by atoms with Crippen LogP contribution in [0.1, 0.15) is 18.4 Å². The molecule has 4 N–H and O–H groups in total. The minimum absolute atomic E-state index is 0.389. The van der Waals surface area contributed by atoms with Crippen molar-refractivity contribution in [3.05, 3.63) is 23.7 Å². The Hall–Kier alpha value is -0.800. The van der Waals surface area contributed by atoms with Crippen LogP contribution in [0.4, 0.5) is 0 Å². The zero-order valence-corrected chi connectivity index (χ0v) is 6.92. The number of nitrogens with two attached hydrogens (primary N) is 2. The highest BCUT2D eigenvalue weighted by atomic mass is 16.3. The fraction of sp³-hybridized carbons (Fsp3) is 0.500. The second kappa shape index (κ2) is 2.68. The molecule has 3 heteroatoms. The standard InChI is InChI=1S/C8H14N2O/c1-6-3-4-7(11-6)8(2,10)5-9/h3-4H,5,9-10H2,1-2H3. The molecule has 0 saturated heterocycles. The summed E-state index contributed by atoms with van der Waals surface area (Å²) in [5, 5.41) is 0. The molecule has 1 aromatic heterocycles. The summed E-state index contributed by atoms with van der Waals surface area (Å²) in [5.41, 5.74) is 10.8. The number of hydrogen-bond acceptors (Lipinski definition) is 3. The van der Waals surface area contributed by atoms with E-state index >= 15 is 0 Å². The molecule has 0 spiro atoms. The lowest BCUT2D eigenvalue weighted by Gasteiger charge is -2.18. The first-order valence-electron chi connectivity index (χ1n) is 3.62. The predicted molar refractivity (Wildman–Crippen MR) is 44.0 cm³/mol. The van der Waals surface area contributed by atoms with Crippen LogP contribution in [0.5, 0.6) is 0 Å². The third-order valence-corrected chi connectivity index (χ3v) is 1.73. The topological polar surface area (TPSA) is 65.2 Å². The maximum absolute atomic E-state index is 5.83. The third kappa shape index (κ3) is 1.61. The highest BCUT2D eigenvalue weighted by molar-refractivity contribution is 5.14. The van der Waals surface area contributed by atoms with Gasteiger partial charge in [0.25, 0.3) is 0 Å². The molecule has 1 unspecified atom stereocenters. The van der Waals surface area contributed by atoms with Gasteiger partial charge in [0.1, 0.15) is 11.5 Å². The molecule has 1 heterocycles. The summed E-state index contributed by atoms with van der Waals surface area (Å²) >= 11 is 0.